The minimum absolute atomic E-state index is 0. The number of para-hydroxylation sites is 3. The third-order valence-electron chi connectivity index (χ3n) is 15.8. The number of hydrogen-bond acceptors (Lipinski definition) is 9. The van der Waals surface area contributed by atoms with E-state index in [9.17, 15) is 0 Å². The molecule has 11 nitrogen and oxygen atoms in total. The summed E-state index contributed by atoms with van der Waals surface area (Å²) in [7, 11) is 15.8. The molecular formula is C67H74BrI2N11S3+4. The molecule has 0 radical (unpaired) electrons. The number of anilines is 3. The average Bonchev–Trinajstić information content (AvgIpc) is 3.15. The Balaban J connectivity index is 0.000000243. The second-order valence-corrected chi connectivity index (χ2v) is 28.2. The molecule has 0 saturated carbocycles. The van der Waals surface area contributed by atoms with Gasteiger partial charge < -0.3 is 47.6 Å². The van der Waals surface area contributed by atoms with Crippen LogP contribution in [0.5, 0.6) is 0 Å². The van der Waals surface area contributed by atoms with Crippen LogP contribution in [-0.2, 0) is 21.1 Å². The van der Waals surface area contributed by atoms with Gasteiger partial charge in [0.05, 0.1) is 92.4 Å². The van der Waals surface area contributed by atoms with Gasteiger partial charge in [-0.3, -0.25) is 0 Å². The van der Waals surface area contributed by atoms with Gasteiger partial charge in [0, 0.05) is 114 Å². The Morgan fingerprint density at radius 1 is 0.488 bits per heavy atom. The van der Waals surface area contributed by atoms with Crippen molar-refractivity contribution in [1.82, 2.24) is 15.0 Å². The highest BCUT2D eigenvalue weighted by atomic mass is 127. The van der Waals surface area contributed by atoms with Crippen molar-refractivity contribution in [2.24, 2.45) is 21.1 Å². The maximum atomic E-state index is 4.92. The summed E-state index contributed by atoms with van der Waals surface area (Å²) in [5, 5.41) is 3.11. The van der Waals surface area contributed by atoms with Gasteiger partial charge in [-0.25, -0.2) is 13.7 Å². The fourth-order valence-corrected chi connectivity index (χ4v) is 15.3. The number of benzene rings is 3. The summed E-state index contributed by atoms with van der Waals surface area (Å²) in [5.74, 6) is 0. The summed E-state index contributed by atoms with van der Waals surface area (Å²) in [5.41, 5.74) is 14.4. The highest BCUT2D eigenvalue weighted by Crippen LogP contribution is 2.38. The zero-order valence-electron chi connectivity index (χ0n) is 49.0. The van der Waals surface area contributed by atoms with Crippen molar-refractivity contribution in [2.45, 2.75) is 25.7 Å². The molecule has 9 heterocycles. The van der Waals surface area contributed by atoms with Crippen molar-refractivity contribution < 1.29 is 46.6 Å². The van der Waals surface area contributed by atoms with Gasteiger partial charge in [0.1, 0.15) is 20.3 Å². The minimum Gasteiger partial charge on any atom is -1.00 e. The van der Waals surface area contributed by atoms with Crippen molar-refractivity contribution in [3.8, 4) is 0 Å². The van der Waals surface area contributed by atoms with Crippen LogP contribution < -0.4 is 52.4 Å². The summed E-state index contributed by atoms with van der Waals surface area (Å²) >= 11 is 11.2. The van der Waals surface area contributed by atoms with E-state index in [1.807, 2.05) is 13.2 Å². The molecule has 0 saturated heterocycles. The molecule has 84 heavy (non-hydrogen) atoms. The van der Waals surface area contributed by atoms with Crippen molar-refractivity contribution in [3.05, 3.63) is 195 Å². The lowest BCUT2D eigenvalue weighted by molar-refractivity contribution is -0.909. The fourth-order valence-electron chi connectivity index (χ4n) is 11.4. The van der Waals surface area contributed by atoms with Crippen molar-refractivity contribution in [1.29, 1.82) is 0 Å². The Morgan fingerprint density at radius 2 is 0.857 bits per heavy atom. The normalized spacial score (nSPS) is 15.3. The number of nitrogens with zero attached hydrogens (tertiary/aromatic N) is 11. The highest BCUT2D eigenvalue weighted by Gasteiger charge is 2.25. The summed E-state index contributed by atoms with van der Waals surface area (Å²) in [4.78, 5) is 21.9. The number of aromatic nitrogens is 6. The Labute approximate surface area is 546 Å². The van der Waals surface area contributed by atoms with Gasteiger partial charge in [0.2, 0.25) is 15.0 Å². The number of halogens is 3. The molecule has 0 N–H and O–H groups in total. The Kier molecular flexibility index (Phi) is 20.1. The molecule has 0 atom stereocenters. The largest absolute Gasteiger partial charge is 1.00 e. The number of quaternary nitrogens is 2. The number of fused-ring (bicyclic) bond motifs is 6. The summed E-state index contributed by atoms with van der Waals surface area (Å²) in [6.45, 7) is 7.74. The van der Waals surface area contributed by atoms with E-state index in [4.69, 9.17) is 15.0 Å². The van der Waals surface area contributed by atoms with Gasteiger partial charge in [0.15, 0.2) is 0 Å². The van der Waals surface area contributed by atoms with E-state index in [-0.39, 0.29) is 24.0 Å². The number of allylic oxidation sites excluding steroid dienone is 6. The Morgan fingerprint density at radius 3 is 1.26 bits per heavy atom. The van der Waals surface area contributed by atoms with Crippen LogP contribution in [0.3, 0.4) is 0 Å². The predicted molar refractivity (Wildman–Crippen MR) is 364 cm³/mol. The van der Waals surface area contributed by atoms with Crippen LogP contribution in [0.25, 0.3) is 66.0 Å². The molecule has 0 amide bonds. The standard InChI is InChI=1S/C47H56N8S2.C20H18BrIN3S.HI/c1-50-24-11-20-42-46(50)48-44(56-42)34-36-22-28-52(40-18-9-7-16-38(36)40)26-13-30-54(3,4)32-15-33-55(5,6)31-14-27-53-29-23-37(39-17-8-10-19-41(39)53)35-45-49-47-43(57-45)21-12-25-51(47)2;1-24-13-15(21)12-18-20(24)23-19(26-18)11-14-7-10-25(9-4-8-22)17-6-3-2-5-16(14)17;/h7-12,16-25,28-29,34-35H,13-15,26-27,30-33H2,1-6H3;2-3,5-7,10-13H,4,8-9H2,1H3;1H/q+4;+1;/p-1. The molecule has 0 unspecified atom stereocenters. The van der Waals surface area contributed by atoms with Gasteiger partial charge in [-0.05, 0) is 121 Å². The smallest absolute Gasteiger partial charge is 0.342 e. The monoisotopic (exact) mass is 1460 g/mol. The molecule has 12 rings (SSSR count). The molecule has 9 aromatic rings. The van der Waals surface area contributed by atoms with Crippen molar-refractivity contribution in [3.63, 3.8) is 0 Å². The number of hydrogen-bond donors (Lipinski definition) is 0. The minimum atomic E-state index is 0. The molecular weight excluding hydrogens is 1390 g/mol. The van der Waals surface area contributed by atoms with Gasteiger partial charge >= 0.3 is 16.9 Å². The van der Waals surface area contributed by atoms with Gasteiger partial charge in [-0.1, -0.05) is 111 Å². The van der Waals surface area contributed by atoms with E-state index < -0.39 is 0 Å². The fraction of sp³-hybridized carbons (Fsp3) is 0.284. The number of alkyl halides is 1. The molecule has 6 aromatic heterocycles. The van der Waals surface area contributed by atoms with Crippen LogP contribution >= 0.6 is 72.5 Å². The topological polar surface area (TPSA) is 60.0 Å². The molecule has 0 spiro atoms. The highest BCUT2D eigenvalue weighted by molar-refractivity contribution is 14.1. The van der Waals surface area contributed by atoms with E-state index in [1.54, 1.807) is 34.0 Å². The zero-order valence-corrected chi connectivity index (χ0v) is 57.4. The zero-order chi connectivity index (χ0) is 57.7. The summed E-state index contributed by atoms with van der Waals surface area (Å²) in [6.07, 6.45) is 31.0. The second kappa shape index (κ2) is 27.5. The third-order valence-corrected chi connectivity index (χ3v) is 19.8. The van der Waals surface area contributed by atoms with E-state index >= 15 is 0 Å². The lowest BCUT2D eigenvalue weighted by Crippen LogP contribution is -3.00. The predicted octanol–water partition coefficient (Wildman–Crippen LogP) is 10.9. The molecule has 432 valence electrons. The first-order valence-corrected chi connectivity index (χ1v) is 33.4. The van der Waals surface area contributed by atoms with Crippen LogP contribution in [0, 0.1) is 0 Å². The van der Waals surface area contributed by atoms with Crippen LogP contribution in [-0.4, -0.2) is 102 Å². The summed E-state index contributed by atoms with van der Waals surface area (Å²) in [6, 6.07) is 36.8. The third kappa shape index (κ3) is 14.6. The quantitative estimate of drug-likeness (QED) is 0.0369. The lowest BCUT2D eigenvalue weighted by Gasteiger charge is -2.35. The molecule has 3 aliphatic heterocycles. The maximum absolute atomic E-state index is 4.92. The van der Waals surface area contributed by atoms with Crippen molar-refractivity contribution in [2.75, 3.05) is 93.1 Å². The molecule has 17 heteroatoms. The van der Waals surface area contributed by atoms with Crippen LogP contribution in [0.2, 0.25) is 0 Å². The van der Waals surface area contributed by atoms with Crippen LogP contribution in [0.15, 0.2) is 163 Å². The average molecular weight is 1460 g/mol. The summed E-state index contributed by atoms with van der Waals surface area (Å²) < 4.78 is 14.2. The first kappa shape index (κ1) is 61.6. The lowest BCUT2D eigenvalue weighted by atomic mass is 9.99. The first-order valence-electron chi connectivity index (χ1n) is 28.6. The SMILES string of the molecule is C[n+]1cc(Br)cc2sc(/C=C3\C=CN(CCCI)c4ccccc43)nc21.C[n+]1cccc2sc(/C=C3\C=CN(CCC[N+](C)(C)CCC[N+](C)(C)CCCN4C=C/C(=C\c5nc6c(ccc[n+]6C)s5)c5ccccc54)c4ccccc43)nc21.[I-]. The van der Waals surface area contributed by atoms with Gasteiger partial charge in [-0.2, -0.15) is 0 Å². The van der Waals surface area contributed by atoms with E-state index in [2.05, 4.69) is 280 Å². The van der Waals surface area contributed by atoms with Crippen LogP contribution in [0.4, 0.5) is 17.1 Å². The number of aryl methyl sites for hydroxylation is 3. The molecule has 3 aliphatic rings. The van der Waals surface area contributed by atoms with Crippen LogP contribution in [0.1, 0.15) is 57.4 Å². The van der Waals surface area contributed by atoms with Gasteiger partial charge in [-0.15, -0.1) is 0 Å². The van der Waals surface area contributed by atoms with E-state index in [0.717, 1.165) is 91.0 Å². The maximum Gasteiger partial charge on any atom is 0.342 e. The Hall–Kier alpha value is -5.52. The van der Waals surface area contributed by atoms with E-state index in [1.165, 1.54) is 94.9 Å². The molecule has 0 aliphatic carbocycles. The molecule has 3 aromatic carbocycles. The molecule has 0 bridgehead atoms. The Bertz CT molecular complexity index is 3850. The van der Waals surface area contributed by atoms with Crippen molar-refractivity contribution >= 4 is 156 Å². The number of thiazole rings is 3. The van der Waals surface area contributed by atoms with Gasteiger partial charge in [0.25, 0.3) is 0 Å². The second-order valence-electron chi connectivity index (χ2n) is 23.0. The first-order chi connectivity index (χ1) is 40.2. The van der Waals surface area contributed by atoms with E-state index in [0.29, 0.717) is 0 Å². The number of pyridine rings is 3. The number of rotatable bonds is 18. The molecule has 0 fully saturated rings.